The zero-order chi connectivity index (χ0) is 12.0. The first-order chi connectivity index (χ1) is 7.63. The fraction of sp³-hybridized carbons (Fsp3) is 0.583. The summed E-state index contributed by atoms with van der Waals surface area (Å²) in [5.74, 6) is 0.724. The number of nitrogens with one attached hydrogen (secondary N) is 1. The second-order valence-corrected chi connectivity index (χ2v) is 4.88. The molecule has 3 nitrogen and oxygen atoms in total. The molecule has 0 fully saturated rings. The highest BCUT2D eigenvalue weighted by Gasteiger charge is 2.07. The summed E-state index contributed by atoms with van der Waals surface area (Å²) in [6.07, 6.45) is 3.04. The molecule has 1 aromatic heterocycles. The van der Waals surface area contributed by atoms with Gasteiger partial charge in [-0.15, -0.1) is 0 Å². The normalized spacial score (nSPS) is 10.8. The average molecular weight is 287 g/mol. The van der Waals surface area contributed by atoms with E-state index in [0.717, 1.165) is 35.4 Å². The van der Waals surface area contributed by atoms with Crippen molar-refractivity contribution in [3.05, 3.63) is 22.3 Å². The molecule has 1 aromatic rings. The van der Waals surface area contributed by atoms with Crippen LogP contribution < -0.4 is 10.1 Å². The van der Waals surface area contributed by atoms with Crippen LogP contribution in [-0.2, 0) is 6.54 Å². The molecule has 0 amide bonds. The van der Waals surface area contributed by atoms with Gasteiger partial charge in [0.1, 0.15) is 0 Å². The third-order valence-corrected chi connectivity index (χ3v) is 2.42. The highest BCUT2D eigenvalue weighted by atomic mass is 79.9. The predicted molar refractivity (Wildman–Crippen MR) is 69.7 cm³/mol. The summed E-state index contributed by atoms with van der Waals surface area (Å²) in [7, 11) is 0. The van der Waals surface area contributed by atoms with Gasteiger partial charge in [0, 0.05) is 22.8 Å². The Morgan fingerprint density at radius 3 is 2.88 bits per heavy atom. The maximum atomic E-state index is 5.66. The molecule has 16 heavy (non-hydrogen) atoms. The standard InChI is InChI=1S/C12H19BrN2O/c1-4-5-14-7-10-6-11(13)8-15-12(10)16-9(2)3/h6,8-9,14H,4-5,7H2,1-3H3. The van der Waals surface area contributed by atoms with Gasteiger partial charge >= 0.3 is 0 Å². The lowest BCUT2D eigenvalue weighted by Crippen LogP contribution is -2.16. The van der Waals surface area contributed by atoms with E-state index >= 15 is 0 Å². The van der Waals surface area contributed by atoms with Crippen molar-refractivity contribution in [3.63, 3.8) is 0 Å². The van der Waals surface area contributed by atoms with Crippen molar-refractivity contribution in [1.29, 1.82) is 0 Å². The average Bonchev–Trinajstić information content (AvgIpc) is 2.22. The first-order valence-corrected chi connectivity index (χ1v) is 6.44. The second-order valence-electron chi connectivity index (χ2n) is 3.96. The molecule has 0 unspecified atom stereocenters. The summed E-state index contributed by atoms with van der Waals surface area (Å²) in [5, 5.41) is 3.35. The Labute approximate surface area is 106 Å². The van der Waals surface area contributed by atoms with E-state index in [-0.39, 0.29) is 6.10 Å². The van der Waals surface area contributed by atoms with Gasteiger partial charge in [0.15, 0.2) is 0 Å². The Morgan fingerprint density at radius 2 is 2.25 bits per heavy atom. The lowest BCUT2D eigenvalue weighted by atomic mass is 10.2. The monoisotopic (exact) mass is 286 g/mol. The summed E-state index contributed by atoms with van der Waals surface area (Å²) in [5.41, 5.74) is 1.09. The van der Waals surface area contributed by atoms with Crippen LogP contribution in [0.15, 0.2) is 16.7 Å². The van der Waals surface area contributed by atoms with Gasteiger partial charge in [0.2, 0.25) is 5.88 Å². The Bertz CT molecular complexity index is 329. The maximum Gasteiger partial charge on any atom is 0.218 e. The van der Waals surface area contributed by atoms with Crippen molar-refractivity contribution in [2.75, 3.05) is 6.54 Å². The van der Waals surface area contributed by atoms with E-state index in [9.17, 15) is 0 Å². The van der Waals surface area contributed by atoms with E-state index in [2.05, 4.69) is 33.2 Å². The van der Waals surface area contributed by atoms with Crippen LogP contribution in [0.1, 0.15) is 32.8 Å². The van der Waals surface area contributed by atoms with Crippen molar-refractivity contribution in [3.8, 4) is 5.88 Å². The Balaban J connectivity index is 2.73. The summed E-state index contributed by atoms with van der Waals surface area (Å²) in [4.78, 5) is 4.29. The molecule has 0 radical (unpaired) electrons. The van der Waals surface area contributed by atoms with Gasteiger partial charge in [0.05, 0.1) is 6.10 Å². The van der Waals surface area contributed by atoms with Crippen LogP contribution in [-0.4, -0.2) is 17.6 Å². The molecule has 0 aliphatic carbocycles. The molecule has 4 heteroatoms. The molecule has 0 aliphatic rings. The van der Waals surface area contributed by atoms with Crippen LogP contribution in [0.5, 0.6) is 5.88 Å². The lowest BCUT2D eigenvalue weighted by molar-refractivity contribution is 0.229. The van der Waals surface area contributed by atoms with Crippen LogP contribution >= 0.6 is 15.9 Å². The summed E-state index contributed by atoms with van der Waals surface area (Å²) < 4.78 is 6.64. The van der Waals surface area contributed by atoms with Crippen LogP contribution in [0.3, 0.4) is 0 Å². The van der Waals surface area contributed by atoms with E-state index in [1.165, 1.54) is 0 Å². The van der Waals surface area contributed by atoms with Gasteiger partial charge in [0.25, 0.3) is 0 Å². The van der Waals surface area contributed by atoms with Crippen molar-refractivity contribution < 1.29 is 4.74 Å². The molecule has 0 saturated carbocycles. The third-order valence-electron chi connectivity index (χ3n) is 1.98. The van der Waals surface area contributed by atoms with E-state index in [1.54, 1.807) is 6.20 Å². The largest absolute Gasteiger partial charge is 0.475 e. The number of nitrogens with zero attached hydrogens (tertiary/aromatic N) is 1. The van der Waals surface area contributed by atoms with Gasteiger partial charge in [-0.2, -0.15) is 0 Å². The molecule has 90 valence electrons. The zero-order valence-electron chi connectivity index (χ0n) is 10.1. The van der Waals surface area contributed by atoms with E-state index in [4.69, 9.17) is 4.74 Å². The molecule has 0 aliphatic heterocycles. The SMILES string of the molecule is CCCNCc1cc(Br)cnc1OC(C)C. The lowest BCUT2D eigenvalue weighted by Gasteiger charge is -2.13. The van der Waals surface area contributed by atoms with Crippen LogP contribution in [0, 0.1) is 0 Å². The summed E-state index contributed by atoms with van der Waals surface area (Å²) >= 11 is 3.43. The first kappa shape index (κ1) is 13.5. The molecule has 0 spiro atoms. The maximum absolute atomic E-state index is 5.66. The Hall–Kier alpha value is -0.610. The molecule has 0 atom stereocenters. The fourth-order valence-electron chi connectivity index (χ4n) is 1.32. The van der Waals surface area contributed by atoms with Crippen LogP contribution in [0.2, 0.25) is 0 Å². The number of pyridine rings is 1. The molecule has 0 aromatic carbocycles. The number of halogens is 1. The van der Waals surface area contributed by atoms with Crippen molar-refractivity contribution in [2.24, 2.45) is 0 Å². The smallest absolute Gasteiger partial charge is 0.218 e. The molecule has 1 N–H and O–H groups in total. The number of hydrogen-bond donors (Lipinski definition) is 1. The Kier molecular flexibility index (Phi) is 5.77. The summed E-state index contributed by atoms with van der Waals surface area (Å²) in [6.45, 7) is 7.97. The number of hydrogen-bond acceptors (Lipinski definition) is 3. The molecule has 0 bridgehead atoms. The van der Waals surface area contributed by atoms with E-state index in [0.29, 0.717) is 0 Å². The van der Waals surface area contributed by atoms with Crippen molar-refractivity contribution in [2.45, 2.75) is 39.8 Å². The van der Waals surface area contributed by atoms with Gasteiger partial charge in [-0.05, 0) is 48.8 Å². The number of aromatic nitrogens is 1. The fourth-order valence-corrected chi connectivity index (χ4v) is 1.70. The summed E-state index contributed by atoms with van der Waals surface area (Å²) in [6, 6.07) is 2.05. The first-order valence-electron chi connectivity index (χ1n) is 5.65. The predicted octanol–water partition coefficient (Wildman–Crippen LogP) is 3.13. The highest BCUT2D eigenvalue weighted by Crippen LogP contribution is 2.20. The minimum absolute atomic E-state index is 0.151. The molecular weight excluding hydrogens is 268 g/mol. The highest BCUT2D eigenvalue weighted by molar-refractivity contribution is 9.10. The minimum atomic E-state index is 0.151. The van der Waals surface area contributed by atoms with Crippen LogP contribution in [0.25, 0.3) is 0 Å². The number of rotatable bonds is 6. The van der Waals surface area contributed by atoms with Gasteiger partial charge < -0.3 is 10.1 Å². The third kappa shape index (κ3) is 4.49. The van der Waals surface area contributed by atoms with E-state index < -0.39 is 0 Å². The number of ether oxygens (including phenoxy) is 1. The Morgan fingerprint density at radius 1 is 1.50 bits per heavy atom. The topological polar surface area (TPSA) is 34.2 Å². The van der Waals surface area contributed by atoms with Crippen LogP contribution in [0.4, 0.5) is 0 Å². The molecular formula is C12H19BrN2O. The van der Waals surface area contributed by atoms with Crippen molar-refractivity contribution >= 4 is 15.9 Å². The quantitative estimate of drug-likeness (QED) is 0.816. The second kappa shape index (κ2) is 6.86. The molecule has 0 saturated heterocycles. The van der Waals surface area contributed by atoms with Gasteiger partial charge in [-0.3, -0.25) is 0 Å². The van der Waals surface area contributed by atoms with Crippen molar-refractivity contribution in [1.82, 2.24) is 10.3 Å². The van der Waals surface area contributed by atoms with Gasteiger partial charge in [-0.25, -0.2) is 4.98 Å². The molecule has 1 heterocycles. The molecule has 1 rings (SSSR count). The van der Waals surface area contributed by atoms with E-state index in [1.807, 2.05) is 19.9 Å². The van der Waals surface area contributed by atoms with Gasteiger partial charge in [-0.1, -0.05) is 6.92 Å². The zero-order valence-corrected chi connectivity index (χ0v) is 11.7. The minimum Gasteiger partial charge on any atom is -0.475 e.